The van der Waals surface area contributed by atoms with Gasteiger partial charge in [0.1, 0.15) is 0 Å². The number of hydrogen-bond acceptors (Lipinski definition) is 0. The largest absolute Gasteiger partial charge is 1.00 e. The van der Waals surface area contributed by atoms with Gasteiger partial charge in [-0.25, -0.2) is 0 Å². The number of benzene rings is 1. The standard InChI is InChI=1S/C20H29Si.3ClH.Ti/c1-14-11-18(12-15(2)16(14)3)20(4,5)17-9-10-19(13-17)21(6,7)8;;;;/h10-12H,9H2,1-8H3;3*1H;/q;;;;+3/p-3. The van der Waals surface area contributed by atoms with E-state index in [1.165, 1.54) is 22.3 Å². The minimum atomic E-state index is -1.24. The van der Waals surface area contributed by atoms with Gasteiger partial charge < -0.3 is 37.2 Å². The van der Waals surface area contributed by atoms with Crippen molar-refractivity contribution in [2.75, 3.05) is 0 Å². The van der Waals surface area contributed by atoms with Crippen molar-refractivity contribution in [1.29, 1.82) is 0 Å². The third-order valence-electron chi connectivity index (χ3n) is 5.29. The van der Waals surface area contributed by atoms with Crippen LogP contribution in [0.4, 0.5) is 0 Å². The van der Waals surface area contributed by atoms with Crippen LogP contribution in [0.3, 0.4) is 0 Å². The van der Waals surface area contributed by atoms with E-state index in [-0.39, 0.29) is 42.6 Å². The van der Waals surface area contributed by atoms with E-state index in [1.807, 2.05) is 0 Å². The van der Waals surface area contributed by atoms with Crippen molar-refractivity contribution in [3.05, 3.63) is 55.1 Å². The molecule has 0 aliphatic heterocycles. The molecule has 2 rings (SSSR count). The summed E-state index contributed by atoms with van der Waals surface area (Å²) >= 11 is 2.35. The second-order valence-electron chi connectivity index (χ2n) is 8.29. The maximum absolute atomic E-state index is 2.51. The van der Waals surface area contributed by atoms with Gasteiger partial charge in [-0.15, -0.1) is 0 Å². The molecule has 0 saturated heterocycles. The molecule has 0 amide bonds. The Morgan fingerprint density at radius 2 is 1.36 bits per heavy atom. The summed E-state index contributed by atoms with van der Waals surface area (Å²) in [7, 11) is -1.24. The molecule has 0 nitrogen and oxygen atoms in total. The van der Waals surface area contributed by atoms with Gasteiger partial charge in [-0.3, -0.25) is 0 Å². The van der Waals surface area contributed by atoms with Crippen molar-refractivity contribution in [3.8, 4) is 0 Å². The van der Waals surface area contributed by atoms with E-state index in [4.69, 9.17) is 0 Å². The quantitative estimate of drug-likeness (QED) is 0.428. The molecule has 0 heterocycles. The van der Waals surface area contributed by atoms with Crippen molar-refractivity contribution >= 4 is 8.07 Å². The molecule has 1 aliphatic carbocycles. The Bertz CT molecular complexity index is 660. The smallest absolute Gasteiger partial charge is 1.00 e. The summed E-state index contributed by atoms with van der Waals surface area (Å²) in [6.45, 7) is 18.9. The fourth-order valence-electron chi connectivity index (χ4n) is 3.39. The first-order valence-corrected chi connectivity index (χ1v) is 12.5. The van der Waals surface area contributed by atoms with Gasteiger partial charge in [-0.1, -0.05) is 0 Å². The molecule has 0 aromatic heterocycles. The molecule has 1 aromatic carbocycles. The Hall–Kier alpha value is 0.501. The Balaban J connectivity index is 0. The molecule has 25 heavy (non-hydrogen) atoms. The van der Waals surface area contributed by atoms with Crippen molar-refractivity contribution in [3.63, 3.8) is 0 Å². The fourth-order valence-corrected chi connectivity index (χ4v) is 7.57. The molecule has 0 unspecified atom stereocenters. The summed E-state index contributed by atoms with van der Waals surface area (Å²) in [4.78, 5) is 0. The zero-order valence-electron chi connectivity index (χ0n) is 16.6. The van der Waals surface area contributed by atoms with Crippen LogP contribution in [-0.4, -0.2) is 8.07 Å². The number of halogens is 3. The maximum Gasteiger partial charge on any atom is -1.00 e. The van der Waals surface area contributed by atoms with E-state index in [2.05, 4.69) is 92.9 Å². The van der Waals surface area contributed by atoms with Crippen LogP contribution in [0.25, 0.3) is 0 Å². The van der Waals surface area contributed by atoms with Crippen LogP contribution in [0.1, 0.15) is 42.5 Å². The van der Waals surface area contributed by atoms with Crippen molar-refractivity contribution in [2.45, 2.75) is 66.1 Å². The van der Waals surface area contributed by atoms with Crippen LogP contribution < -0.4 is 37.2 Å². The minimum absolute atomic E-state index is 0. The molecule has 1 aromatic rings. The normalized spacial score (nSPS) is 14.4. The first-order valence-electron chi connectivity index (χ1n) is 8.21. The molecule has 1 aliphatic rings. The number of rotatable bonds is 3. The van der Waals surface area contributed by atoms with Crippen molar-refractivity contribution in [1.82, 2.24) is 0 Å². The van der Waals surface area contributed by atoms with Crippen molar-refractivity contribution < 1.29 is 57.7 Å². The second kappa shape index (κ2) is 9.62. The van der Waals surface area contributed by atoms with Gasteiger partial charge >= 0.3 is 150 Å². The van der Waals surface area contributed by atoms with Gasteiger partial charge in [0, 0.05) is 0 Å². The summed E-state index contributed by atoms with van der Waals surface area (Å²) in [5.41, 5.74) is 7.46. The number of allylic oxidation sites excluding steroid dienone is 4. The first-order chi connectivity index (χ1) is 9.96. The van der Waals surface area contributed by atoms with Crippen LogP contribution in [-0.2, 0) is 25.9 Å². The SMILES string of the molecule is Cc1cc(C(C)(C)C2=[C]([Ti+3])C([Si](C)(C)C)=CC2)cc(C)c1C.[Cl-].[Cl-].[Cl-]. The van der Waals surface area contributed by atoms with Crippen LogP contribution >= 0.6 is 0 Å². The first kappa shape index (κ1) is 27.7. The predicted octanol–water partition coefficient (Wildman–Crippen LogP) is -3.09. The van der Waals surface area contributed by atoms with Crippen LogP contribution in [0, 0.1) is 20.8 Å². The van der Waals surface area contributed by atoms with Gasteiger partial charge in [-0.05, 0) is 0 Å². The molecule has 0 bridgehead atoms. The van der Waals surface area contributed by atoms with E-state index in [0.29, 0.717) is 0 Å². The summed E-state index contributed by atoms with van der Waals surface area (Å²) in [6.07, 6.45) is 3.64. The third-order valence-corrected chi connectivity index (χ3v) is 8.64. The number of hydrogen-bond donors (Lipinski definition) is 0. The van der Waals surface area contributed by atoms with E-state index < -0.39 is 8.07 Å². The molecular formula is C20H29Cl3SiTi. The Morgan fingerprint density at radius 3 is 1.72 bits per heavy atom. The van der Waals surface area contributed by atoms with E-state index in [1.54, 1.807) is 14.6 Å². The Morgan fingerprint density at radius 1 is 0.920 bits per heavy atom. The van der Waals surface area contributed by atoms with Gasteiger partial charge in [0.2, 0.25) is 0 Å². The molecule has 0 N–H and O–H groups in total. The van der Waals surface area contributed by atoms with Gasteiger partial charge in [0.05, 0.1) is 0 Å². The summed E-state index contributed by atoms with van der Waals surface area (Å²) in [6, 6.07) is 4.80. The van der Waals surface area contributed by atoms with E-state index >= 15 is 0 Å². The minimum Gasteiger partial charge on any atom is -1.00 e. The maximum atomic E-state index is 2.51. The summed E-state index contributed by atoms with van der Waals surface area (Å²) in [5.74, 6) is 0. The topological polar surface area (TPSA) is 0 Å². The molecule has 0 saturated carbocycles. The van der Waals surface area contributed by atoms with Crippen LogP contribution in [0.5, 0.6) is 0 Å². The summed E-state index contributed by atoms with van der Waals surface area (Å²) in [5, 5.41) is 1.66. The molecule has 0 radical (unpaired) electrons. The van der Waals surface area contributed by atoms with Gasteiger partial charge in [0.15, 0.2) is 0 Å². The zero-order chi connectivity index (χ0) is 16.9. The fraction of sp³-hybridized carbons (Fsp3) is 0.500. The second-order valence-corrected chi connectivity index (χ2v) is 14.1. The zero-order valence-corrected chi connectivity index (χ0v) is 21.4. The Labute approximate surface area is 186 Å². The molecule has 0 fully saturated rings. The molecule has 0 spiro atoms. The predicted molar refractivity (Wildman–Crippen MR) is 96.8 cm³/mol. The Kier molecular flexibility index (Phi) is 10.7. The molecular weight excluding hydrogens is 423 g/mol. The third kappa shape index (κ3) is 5.50. The van der Waals surface area contributed by atoms with Gasteiger partial charge in [0.25, 0.3) is 0 Å². The van der Waals surface area contributed by atoms with Crippen LogP contribution in [0.15, 0.2) is 32.9 Å². The van der Waals surface area contributed by atoms with Crippen LogP contribution in [0.2, 0.25) is 19.6 Å². The molecule has 5 heteroatoms. The average molecular weight is 452 g/mol. The van der Waals surface area contributed by atoms with E-state index in [0.717, 1.165) is 6.42 Å². The van der Waals surface area contributed by atoms with E-state index in [9.17, 15) is 0 Å². The number of aryl methyl sites for hydroxylation is 2. The molecule has 0 atom stereocenters. The summed E-state index contributed by atoms with van der Waals surface area (Å²) < 4.78 is 1.57. The monoisotopic (exact) mass is 450 g/mol. The molecule has 138 valence electrons. The average Bonchev–Trinajstić information content (AvgIpc) is 2.77. The van der Waals surface area contributed by atoms with Gasteiger partial charge in [-0.2, -0.15) is 0 Å². The van der Waals surface area contributed by atoms with Crippen molar-refractivity contribution in [2.24, 2.45) is 0 Å².